The van der Waals surface area contributed by atoms with Crippen molar-refractivity contribution in [2.45, 2.75) is 0 Å². The summed E-state index contributed by atoms with van der Waals surface area (Å²) in [6, 6.07) is 5.28. The Balaban J connectivity index is 2.42. The standard InChI is InChI=1S/C13H12ClNO4/c1-17-9-4-3-8(12(6-9)18-2)5-10-11(7-14)15-19-13(10)16/h3-6H,7H2,1-2H3/b10-5-. The van der Waals surface area contributed by atoms with Crippen LogP contribution in [0.25, 0.3) is 6.08 Å². The fourth-order valence-electron chi connectivity index (χ4n) is 1.64. The first-order valence-electron chi connectivity index (χ1n) is 5.48. The van der Waals surface area contributed by atoms with E-state index in [0.717, 1.165) is 5.56 Å². The van der Waals surface area contributed by atoms with Gasteiger partial charge in [-0.05, 0) is 18.2 Å². The molecule has 6 heteroatoms. The highest BCUT2D eigenvalue weighted by molar-refractivity contribution is 6.38. The molecule has 0 fully saturated rings. The van der Waals surface area contributed by atoms with Gasteiger partial charge in [-0.3, -0.25) is 0 Å². The second-order valence-corrected chi connectivity index (χ2v) is 3.98. The molecule has 0 unspecified atom stereocenters. The summed E-state index contributed by atoms with van der Waals surface area (Å²) in [4.78, 5) is 16.1. The van der Waals surface area contributed by atoms with E-state index in [9.17, 15) is 4.79 Å². The van der Waals surface area contributed by atoms with Crippen LogP contribution in [-0.2, 0) is 9.63 Å². The lowest BCUT2D eigenvalue weighted by Crippen LogP contribution is -2.06. The van der Waals surface area contributed by atoms with E-state index in [1.165, 1.54) is 0 Å². The van der Waals surface area contributed by atoms with Crippen molar-refractivity contribution in [3.63, 3.8) is 0 Å². The van der Waals surface area contributed by atoms with Crippen LogP contribution in [0.3, 0.4) is 0 Å². The molecular weight excluding hydrogens is 270 g/mol. The summed E-state index contributed by atoms with van der Waals surface area (Å²) in [5.41, 5.74) is 1.46. The van der Waals surface area contributed by atoms with Gasteiger partial charge < -0.3 is 14.3 Å². The van der Waals surface area contributed by atoms with E-state index in [4.69, 9.17) is 21.1 Å². The van der Waals surface area contributed by atoms with Gasteiger partial charge in [0.05, 0.1) is 25.7 Å². The zero-order valence-corrected chi connectivity index (χ0v) is 11.2. The molecule has 0 bridgehead atoms. The van der Waals surface area contributed by atoms with Crippen LogP contribution in [0.2, 0.25) is 0 Å². The van der Waals surface area contributed by atoms with Crippen LogP contribution in [-0.4, -0.2) is 31.8 Å². The van der Waals surface area contributed by atoms with Crippen LogP contribution in [0.15, 0.2) is 28.9 Å². The third-order valence-electron chi connectivity index (χ3n) is 2.64. The van der Waals surface area contributed by atoms with Gasteiger partial charge in [0.1, 0.15) is 17.2 Å². The first-order chi connectivity index (χ1) is 9.19. The molecule has 1 aliphatic heterocycles. The number of alkyl halides is 1. The van der Waals surface area contributed by atoms with Gasteiger partial charge in [0.2, 0.25) is 0 Å². The van der Waals surface area contributed by atoms with Crippen molar-refractivity contribution in [2.75, 3.05) is 20.1 Å². The summed E-state index contributed by atoms with van der Waals surface area (Å²) < 4.78 is 10.4. The number of methoxy groups -OCH3 is 2. The van der Waals surface area contributed by atoms with Crippen LogP contribution in [0.1, 0.15) is 5.56 Å². The van der Waals surface area contributed by atoms with Crippen LogP contribution >= 0.6 is 11.6 Å². The Morgan fingerprint density at radius 3 is 2.79 bits per heavy atom. The lowest BCUT2D eigenvalue weighted by atomic mass is 10.1. The maximum atomic E-state index is 11.5. The molecule has 0 aromatic heterocycles. The largest absolute Gasteiger partial charge is 0.497 e. The summed E-state index contributed by atoms with van der Waals surface area (Å²) in [6.07, 6.45) is 1.63. The lowest BCUT2D eigenvalue weighted by Gasteiger charge is -2.07. The Kier molecular flexibility index (Phi) is 4.06. The molecule has 0 atom stereocenters. The lowest BCUT2D eigenvalue weighted by molar-refractivity contribution is -0.136. The molecule has 1 aliphatic rings. The molecule has 0 aliphatic carbocycles. The zero-order valence-electron chi connectivity index (χ0n) is 10.5. The predicted molar refractivity (Wildman–Crippen MR) is 71.8 cm³/mol. The molecule has 5 nitrogen and oxygen atoms in total. The molecule has 19 heavy (non-hydrogen) atoms. The van der Waals surface area contributed by atoms with Crippen molar-refractivity contribution in [1.29, 1.82) is 0 Å². The van der Waals surface area contributed by atoms with Gasteiger partial charge in [-0.15, -0.1) is 11.6 Å². The predicted octanol–water partition coefficient (Wildman–Crippen LogP) is 2.24. The van der Waals surface area contributed by atoms with Gasteiger partial charge in [0.15, 0.2) is 0 Å². The normalized spacial score (nSPS) is 16.3. The van der Waals surface area contributed by atoms with Gasteiger partial charge in [0, 0.05) is 11.6 Å². The Bertz CT molecular complexity index is 566. The number of carbonyl (C=O) groups excluding carboxylic acids is 1. The summed E-state index contributed by atoms with van der Waals surface area (Å²) in [6.45, 7) is 0. The zero-order chi connectivity index (χ0) is 13.8. The minimum absolute atomic E-state index is 0.107. The number of benzene rings is 1. The molecule has 0 saturated carbocycles. The molecule has 0 spiro atoms. The molecular formula is C13H12ClNO4. The summed E-state index contributed by atoms with van der Waals surface area (Å²) in [7, 11) is 3.11. The molecule has 0 saturated heterocycles. The maximum absolute atomic E-state index is 11.5. The molecule has 100 valence electrons. The van der Waals surface area contributed by atoms with Crippen molar-refractivity contribution in [1.82, 2.24) is 0 Å². The number of ether oxygens (including phenoxy) is 2. The minimum Gasteiger partial charge on any atom is -0.497 e. The molecule has 1 heterocycles. The quantitative estimate of drug-likeness (QED) is 0.482. The third-order valence-corrected chi connectivity index (χ3v) is 2.89. The van der Waals surface area contributed by atoms with Crippen LogP contribution in [0, 0.1) is 0 Å². The number of hydrogen-bond acceptors (Lipinski definition) is 5. The maximum Gasteiger partial charge on any atom is 0.367 e. The topological polar surface area (TPSA) is 57.1 Å². The molecule has 0 N–H and O–H groups in total. The third kappa shape index (κ3) is 2.71. The number of oxime groups is 1. The van der Waals surface area contributed by atoms with Gasteiger partial charge in [-0.25, -0.2) is 4.79 Å². The number of halogens is 1. The molecule has 0 radical (unpaired) electrons. The average molecular weight is 282 g/mol. The summed E-state index contributed by atoms with van der Waals surface area (Å²) >= 11 is 5.70. The first kappa shape index (κ1) is 13.4. The smallest absolute Gasteiger partial charge is 0.367 e. The van der Waals surface area contributed by atoms with Crippen molar-refractivity contribution in [3.05, 3.63) is 29.3 Å². The van der Waals surface area contributed by atoms with Gasteiger partial charge >= 0.3 is 5.97 Å². The fourth-order valence-corrected chi connectivity index (χ4v) is 1.84. The van der Waals surface area contributed by atoms with Gasteiger partial charge in [0.25, 0.3) is 0 Å². The average Bonchev–Trinajstić information content (AvgIpc) is 2.80. The molecule has 0 amide bonds. The Morgan fingerprint density at radius 2 is 2.16 bits per heavy atom. The van der Waals surface area contributed by atoms with E-state index in [0.29, 0.717) is 22.8 Å². The number of rotatable bonds is 4. The molecule has 1 aromatic rings. The Morgan fingerprint density at radius 1 is 1.37 bits per heavy atom. The van der Waals surface area contributed by atoms with Crippen molar-refractivity contribution in [2.24, 2.45) is 5.16 Å². The van der Waals surface area contributed by atoms with Crippen LogP contribution in [0.4, 0.5) is 0 Å². The highest BCUT2D eigenvalue weighted by atomic mass is 35.5. The molecule has 2 rings (SSSR count). The van der Waals surface area contributed by atoms with E-state index in [1.807, 2.05) is 0 Å². The SMILES string of the molecule is COc1ccc(/C=C2\C(=O)ON=C2CCl)c(OC)c1. The van der Waals surface area contributed by atoms with E-state index >= 15 is 0 Å². The van der Waals surface area contributed by atoms with E-state index < -0.39 is 5.97 Å². The Hall–Kier alpha value is -2.01. The Labute approximate surface area is 115 Å². The number of hydrogen-bond donors (Lipinski definition) is 0. The van der Waals surface area contributed by atoms with Crippen molar-refractivity contribution in [3.8, 4) is 11.5 Å². The first-order valence-corrected chi connectivity index (χ1v) is 6.01. The highest BCUT2D eigenvalue weighted by Crippen LogP contribution is 2.27. The fraction of sp³-hybridized carbons (Fsp3) is 0.231. The number of nitrogens with zero attached hydrogens (tertiary/aromatic N) is 1. The van der Waals surface area contributed by atoms with Gasteiger partial charge in [-0.1, -0.05) is 5.16 Å². The van der Waals surface area contributed by atoms with Crippen molar-refractivity contribution >= 4 is 29.4 Å². The second kappa shape index (κ2) is 5.75. The van der Waals surface area contributed by atoms with E-state index in [1.54, 1.807) is 38.5 Å². The van der Waals surface area contributed by atoms with Gasteiger partial charge in [-0.2, -0.15) is 0 Å². The second-order valence-electron chi connectivity index (χ2n) is 3.72. The monoisotopic (exact) mass is 281 g/mol. The van der Waals surface area contributed by atoms with E-state index in [2.05, 4.69) is 9.99 Å². The summed E-state index contributed by atoms with van der Waals surface area (Å²) in [5.74, 6) is 0.837. The van der Waals surface area contributed by atoms with Crippen molar-refractivity contribution < 1.29 is 19.1 Å². The van der Waals surface area contributed by atoms with Crippen LogP contribution in [0.5, 0.6) is 11.5 Å². The highest BCUT2D eigenvalue weighted by Gasteiger charge is 2.25. The minimum atomic E-state index is -0.520. The summed E-state index contributed by atoms with van der Waals surface area (Å²) in [5, 5.41) is 3.60. The number of carbonyl (C=O) groups is 1. The van der Waals surface area contributed by atoms with E-state index in [-0.39, 0.29) is 5.88 Å². The van der Waals surface area contributed by atoms with Crippen LogP contribution < -0.4 is 9.47 Å². The molecule has 1 aromatic carbocycles.